The van der Waals surface area contributed by atoms with Crippen molar-refractivity contribution >= 4 is 22.7 Å². The molecule has 0 aliphatic rings. The molecule has 108 valence electrons. The van der Waals surface area contributed by atoms with Gasteiger partial charge in [0.05, 0.1) is 5.52 Å². The van der Waals surface area contributed by atoms with Gasteiger partial charge in [-0.15, -0.1) is 0 Å². The molecular weight excluding hydrogens is 264 g/mol. The quantitative estimate of drug-likeness (QED) is 0.903. The highest BCUT2D eigenvalue weighted by Gasteiger charge is 2.15. The number of thioether (sulfide) groups is 1. The van der Waals surface area contributed by atoms with Crippen LogP contribution in [0.15, 0.2) is 36.4 Å². The maximum Gasteiger partial charge on any atom is 0.0705 e. The van der Waals surface area contributed by atoms with E-state index in [1.165, 1.54) is 5.39 Å². The van der Waals surface area contributed by atoms with Crippen LogP contribution in [0.25, 0.3) is 10.9 Å². The lowest BCUT2D eigenvalue weighted by Gasteiger charge is -2.22. The Morgan fingerprint density at radius 2 is 1.90 bits per heavy atom. The van der Waals surface area contributed by atoms with E-state index in [0.717, 1.165) is 23.4 Å². The molecule has 2 rings (SSSR count). The predicted molar refractivity (Wildman–Crippen MR) is 90.5 cm³/mol. The van der Waals surface area contributed by atoms with E-state index in [1.807, 2.05) is 24.9 Å². The fourth-order valence-electron chi connectivity index (χ4n) is 2.07. The minimum Gasteiger partial charge on any atom is -0.316 e. The summed E-state index contributed by atoms with van der Waals surface area (Å²) in [7, 11) is 2.04. The topological polar surface area (TPSA) is 24.9 Å². The number of pyridine rings is 1. The van der Waals surface area contributed by atoms with Crippen LogP contribution < -0.4 is 5.32 Å². The van der Waals surface area contributed by atoms with Gasteiger partial charge in [-0.25, -0.2) is 0 Å². The van der Waals surface area contributed by atoms with Crippen LogP contribution in [0.5, 0.6) is 0 Å². The first-order chi connectivity index (χ1) is 9.48. The molecule has 0 radical (unpaired) electrons. The Labute approximate surface area is 126 Å². The fraction of sp³-hybridized carbons (Fsp3) is 0.471. The zero-order chi connectivity index (χ0) is 14.6. The molecule has 1 heterocycles. The smallest absolute Gasteiger partial charge is 0.0705 e. The summed E-state index contributed by atoms with van der Waals surface area (Å²) in [4.78, 5) is 4.76. The maximum atomic E-state index is 4.76. The van der Waals surface area contributed by atoms with Gasteiger partial charge in [-0.1, -0.05) is 45.0 Å². The molecule has 1 unspecified atom stereocenters. The van der Waals surface area contributed by atoms with Crippen LogP contribution in [0.2, 0.25) is 0 Å². The minimum absolute atomic E-state index is 0.311. The number of benzene rings is 1. The monoisotopic (exact) mass is 288 g/mol. The molecule has 0 amide bonds. The lowest BCUT2D eigenvalue weighted by Crippen LogP contribution is -2.32. The lowest BCUT2D eigenvalue weighted by atomic mass is 10.1. The summed E-state index contributed by atoms with van der Waals surface area (Å²) >= 11 is 2.00. The van der Waals surface area contributed by atoms with Crippen LogP contribution in [0.4, 0.5) is 0 Å². The van der Waals surface area contributed by atoms with Gasteiger partial charge in [-0.2, -0.15) is 11.8 Å². The van der Waals surface area contributed by atoms with Crippen molar-refractivity contribution in [3.63, 3.8) is 0 Å². The van der Waals surface area contributed by atoms with E-state index in [9.17, 15) is 0 Å². The van der Waals surface area contributed by atoms with Crippen molar-refractivity contribution in [3.8, 4) is 0 Å². The highest BCUT2D eigenvalue weighted by molar-refractivity contribution is 8.00. The summed E-state index contributed by atoms with van der Waals surface area (Å²) in [6.07, 6.45) is 0.977. The summed E-state index contributed by atoms with van der Waals surface area (Å²) in [5, 5.41) is 4.62. The van der Waals surface area contributed by atoms with Crippen LogP contribution in [-0.2, 0) is 6.42 Å². The predicted octanol–water partition coefficient (Wildman–Crippen LogP) is 3.90. The number of rotatable bonds is 5. The summed E-state index contributed by atoms with van der Waals surface area (Å²) in [5.41, 5.74) is 2.25. The van der Waals surface area contributed by atoms with Crippen LogP contribution in [0.3, 0.4) is 0 Å². The van der Waals surface area contributed by atoms with Crippen molar-refractivity contribution in [1.82, 2.24) is 10.3 Å². The van der Waals surface area contributed by atoms with Gasteiger partial charge in [-0.05, 0) is 19.2 Å². The largest absolute Gasteiger partial charge is 0.316 e. The Hall–Kier alpha value is -1.06. The number of hydrogen-bond acceptors (Lipinski definition) is 3. The SMILES string of the molecule is CNC(CSC(C)(C)C)Cc1ccc2ccccc2n1. The second-order valence-corrected chi connectivity index (χ2v) is 7.96. The van der Waals surface area contributed by atoms with Gasteiger partial charge in [0.1, 0.15) is 0 Å². The molecular formula is C17H24N2S. The van der Waals surface area contributed by atoms with Crippen LogP contribution >= 0.6 is 11.8 Å². The first-order valence-corrected chi connectivity index (χ1v) is 8.12. The number of nitrogens with one attached hydrogen (secondary N) is 1. The van der Waals surface area contributed by atoms with E-state index in [0.29, 0.717) is 10.8 Å². The average Bonchev–Trinajstić information content (AvgIpc) is 2.42. The molecule has 0 saturated heterocycles. The number of fused-ring (bicyclic) bond motifs is 1. The second kappa shape index (κ2) is 6.59. The number of aromatic nitrogens is 1. The third kappa shape index (κ3) is 4.50. The molecule has 0 aliphatic heterocycles. The minimum atomic E-state index is 0.311. The number of para-hydroxylation sites is 1. The lowest BCUT2D eigenvalue weighted by molar-refractivity contribution is 0.607. The average molecular weight is 288 g/mol. The Balaban J connectivity index is 2.05. The van der Waals surface area contributed by atoms with E-state index in [-0.39, 0.29) is 0 Å². The molecule has 1 atom stereocenters. The first kappa shape index (κ1) is 15.3. The fourth-order valence-corrected chi connectivity index (χ4v) is 3.05. The Bertz CT molecular complexity index is 560. The van der Waals surface area contributed by atoms with Crippen molar-refractivity contribution < 1.29 is 0 Å². The summed E-state index contributed by atoms with van der Waals surface area (Å²) < 4.78 is 0.311. The standard InChI is InChI=1S/C17H24N2S/c1-17(2,3)20-12-15(18-4)11-14-10-9-13-7-5-6-8-16(13)19-14/h5-10,15,18H,11-12H2,1-4H3. The van der Waals surface area contributed by atoms with Gasteiger partial charge < -0.3 is 5.32 Å². The van der Waals surface area contributed by atoms with Gasteiger partial charge in [0, 0.05) is 34.0 Å². The third-order valence-corrected chi connectivity index (χ3v) is 4.67. The third-order valence-electron chi connectivity index (χ3n) is 3.24. The van der Waals surface area contributed by atoms with Crippen molar-refractivity contribution in [2.24, 2.45) is 0 Å². The maximum absolute atomic E-state index is 4.76. The highest BCUT2D eigenvalue weighted by atomic mass is 32.2. The molecule has 0 spiro atoms. The van der Waals surface area contributed by atoms with Crippen LogP contribution in [0, 0.1) is 0 Å². The van der Waals surface area contributed by atoms with Crippen molar-refractivity contribution in [3.05, 3.63) is 42.1 Å². The van der Waals surface area contributed by atoms with Gasteiger partial charge in [0.25, 0.3) is 0 Å². The van der Waals surface area contributed by atoms with E-state index >= 15 is 0 Å². The summed E-state index contributed by atoms with van der Waals surface area (Å²) in [6, 6.07) is 13.1. The molecule has 2 nitrogen and oxygen atoms in total. The van der Waals surface area contributed by atoms with Gasteiger partial charge in [0.15, 0.2) is 0 Å². The highest BCUT2D eigenvalue weighted by Crippen LogP contribution is 2.24. The van der Waals surface area contributed by atoms with Crippen molar-refractivity contribution in [2.45, 2.75) is 38.0 Å². The van der Waals surface area contributed by atoms with Gasteiger partial charge >= 0.3 is 0 Å². The van der Waals surface area contributed by atoms with E-state index in [1.54, 1.807) is 0 Å². The molecule has 0 bridgehead atoms. The van der Waals surface area contributed by atoms with Crippen LogP contribution in [-0.4, -0.2) is 28.6 Å². The Morgan fingerprint density at radius 1 is 1.15 bits per heavy atom. The van der Waals surface area contributed by atoms with Crippen molar-refractivity contribution in [2.75, 3.05) is 12.8 Å². The molecule has 1 aromatic carbocycles. The van der Waals surface area contributed by atoms with E-state index in [4.69, 9.17) is 4.98 Å². The van der Waals surface area contributed by atoms with Gasteiger partial charge in [-0.3, -0.25) is 4.98 Å². The Kier molecular flexibility index (Phi) is 5.06. The molecule has 3 heteroatoms. The van der Waals surface area contributed by atoms with Crippen molar-refractivity contribution in [1.29, 1.82) is 0 Å². The number of likely N-dealkylation sites (N-methyl/N-ethyl adjacent to an activating group) is 1. The molecule has 0 aliphatic carbocycles. The van der Waals surface area contributed by atoms with Crippen LogP contribution in [0.1, 0.15) is 26.5 Å². The molecule has 1 aromatic heterocycles. The number of nitrogens with zero attached hydrogens (tertiary/aromatic N) is 1. The normalized spacial score (nSPS) is 13.6. The molecule has 1 N–H and O–H groups in total. The Morgan fingerprint density at radius 3 is 2.60 bits per heavy atom. The summed E-state index contributed by atoms with van der Waals surface area (Å²) in [6.45, 7) is 6.79. The molecule has 2 aromatic rings. The van der Waals surface area contributed by atoms with E-state index in [2.05, 4.69) is 56.4 Å². The van der Waals surface area contributed by atoms with E-state index < -0.39 is 0 Å². The zero-order valence-electron chi connectivity index (χ0n) is 12.8. The second-order valence-electron chi connectivity index (χ2n) is 6.11. The van der Waals surface area contributed by atoms with Gasteiger partial charge in [0.2, 0.25) is 0 Å². The number of hydrogen-bond donors (Lipinski definition) is 1. The summed E-state index contributed by atoms with van der Waals surface area (Å²) in [5.74, 6) is 1.11. The molecule has 0 fully saturated rings. The molecule has 0 saturated carbocycles. The molecule has 20 heavy (non-hydrogen) atoms. The first-order valence-electron chi connectivity index (χ1n) is 7.14. The zero-order valence-corrected chi connectivity index (χ0v) is 13.6.